The van der Waals surface area contributed by atoms with Crippen molar-refractivity contribution in [1.82, 2.24) is 0 Å². The van der Waals surface area contributed by atoms with Crippen molar-refractivity contribution in [3.63, 3.8) is 0 Å². The summed E-state index contributed by atoms with van der Waals surface area (Å²) in [6.07, 6.45) is 0. The zero-order chi connectivity index (χ0) is 9.56. The molecule has 0 aliphatic carbocycles. The second-order valence-electron chi connectivity index (χ2n) is 2.04. The van der Waals surface area contributed by atoms with Gasteiger partial charge in [0, 0.05) is 11.3 Å². The predicted molar refractivity (Wildman–Crippen MR) is 67.7 cm³/mol. The van der Waals surface area contributed by atoms with E-state index in [2.05, 4.69) is 0 Å². The molecule has 0 saturated heterocycles. The minimum Gasteiger partial charge on any atom is -0.399 e. The highest BCUT2D eigenvalue weighted by Crippen LogP contribution is 2.03. The van der Waals surface area contributed by atoms with Crippen LogP contribution in [-0.2, 0) is 0 Å². The molecule has 0 amide bonds. The van der Waals surface area contributed by atoms with Crippen molar-refractivity contribution in [2.24, 2.45) is 5.73 Å². The van der Waals surface area contributed by atoms with Crippen molar-refractivity contribution in [3.05, 3.63) is 29.8 Å². The minimum absolute atomic E-state index is 0. The van der Waals surface area contributed by atoms with Gasteiger partial charge in [0.25, 0.3) is 0 Å². The third-order valence-corrected chi connectivity index (χ3v) is 1.22. The standard InChI is InChI=1S/C7H9N3.C2H6.2ClH/c8-6-3-1-5(2-4-6)7(9)10;1-2;;/h1-4H,8H2,(H3,9,10);1-2H3;2*1H. The van der Waals surface area contributed by atoms with Gasteiger partial charge in [-0.3, -0.25) is 5.41 Å². The first-order chi connectivity index (χ1) is 5.70. The Balaban J connectivity index is -0.000000284. The zero-order valence-electron chi connectivity index (χ0n) is 8.28. The molecule has 82 valence electrons. The molecule has 14 heavy (non-hydrogen) atoms. The van der Waals surface area contributed by atoms with Crippen LogP contribution in [0.5, 0.6) is 0 Å². The number of nitrogens with one attached hydrogen (secondary N) is 1. The first kappa shape index (κ1) is 18.8. The Bertz CT molecular complexity index is 247. The lowest BCUT2D eigenvalue weighted by Crippen LogP contribution is -2.10. The first-order valence-corrected chi connectivity index (χ1v) is 3.90. The van der Waals surface area contributed by atoms with Crippen molar-refractivity contribution in [2.45, 2.75) is 13.8 Å². The van der Waals surface area contributed by atoms with Gasteiger partial charge in [0.15, 0.2) is 0 Å². The maximum Gasteiger partial charge on any atom is 0.122 e. The van der Waals surface area contributed by atoms with E-state index < -0.39 is 0 Å². The summed E-state index contributed by atoms with van der Waals surface area (Å²) in [7, 11) is 0. The molecule has 0 bridgehead atoms. The van der Waals surface area contributed by atoms with Crippen molar-refractivity contribution >= 4 is 36.3 Å². The van der Waals surface area contributed by atoms with Crippen LogP contribution in [0.2, 0.25) is 0 Å². The summed E-state index contributed by atoms with van der Waals surface area (Å²) < 4.78 is 0. The van der Waals surface area contributed by atoms with Crippen LogP contribution in [0, 0.1) is 5.41 Å². The summed E-state index contributed by atoms with van der Waals surface area (Å²) in [5, 5.41) is 7.04. The lowest BCUT2D eigenvalue weighted by molar-refractivity contribution is 1.42. The van der Waals surface area contributed by atoms with Gasteiger partial charge in [-0.05, 0) is 24.3 Å². The molecule has 0 aliphatic rings. The minimum atomic E-state index is 0. The molecule has 0 heterocycles. The third-order valence-electron chi connectivity index (χ3n) is 1.22. The fourth-order valence-corrected chi connectivity index (χ4v) is 0.663. The fraction of sp³-hybridized carbons (Fsp3) is 0.222. The van der Waals surface area contributed by atoms with Gasteiger partial charge < -0.3 is 11.5 Å². The zero-order valence-corrected chi connectivity index (χ0v) is 9.91. The summed E-state index contributed by atoms with van der Waals surface area (Å²) in [6, 6.07) is 6.88. The van der Waals surface area contributed by atoms with Crippen LogP contribution in [0.1, 0.15) is 19.4 Å². The van der Waals surface area contributed by atoms with Crippen LogP contribution >= 0.6 is 24.8 Å². The normalized spacial score (nSPS) is 7.00. The van der Waals surface area contributed by atoms with Gasteiger partial charge in [0.1, 0.15) is 5.84 Å². The van der Waals surface area contributed by atoms with E-state index in [0.717, 1.165) is 0 Å². The van der Waals surface area contributed by atoms with Crippen LogP contribution in [0.15, 0.2) is 24.3 Å². The van der Waals surface area contributed by atoms with Crippen LogP contribution < -0.4 is 11.5 Å². The highest BCUT2D eigenvalue weighted by Gasteiger charge is 1.92. The van der Waals surface area contributed by atoms with Gasteiger partial charge in [-0.1, -0.05) is 13.8 Å². The van der Waals surface area contributed by atoms with Crippen molar-refractivity contribution in [1.29, 1.82) is 5.41 Å². The molecule has 1 aromatic rings. The van der Waals surface area contributed by atoms with Crippen molar-refractivity contribution in [2.75, 3.05) is 5.73 Å². The summed E-state index contributed by atoms with van der Waals surface area (Å²) in [5.74, 6) is 0.0694. The number of rotatable bonds is 1. The maximum atomic E-state index is 7.04. The van der Waals surface area contributed by atoms with E-state index in [1.807, 2.05) is 13.8 Å². The van der Waals surface area contributed by atoms with Gasteiger partial charge in [0.05, 0.1) is 0 Å². The lowest BCUT2D eigenvalue weighted by Gasteiger charge is -1.96. The highest BCUT2D eigenvalue weighted by molar-refractivity contribution is 5.95. The Kier molecular flexibility index (Phi) is 13.6. The van der Waals surface area contributed by atoms with E-state index >= 15 is 0 Å². The molecule has 0 radical (unpaired) electrons. The highest BCUT2D eigenvalue weighted by atomic mass is 35.5. The molecule has 5 heteroatoms. The summed E-state index contributed by atoms with van der Waals surface area (Å²) >= 11 is 0. The van der Waals surface area contributed by atoms with Gasteiger partial charge in [-0.15, -0.1) is 24.8 Å². The largest absolute Gasteiger partial charge is 0.399 e. The molecule has 0 saturated carbocycles. The molecule has 0 atom stereocenters. The van der Waals surface area contributed by atoms with Gasteiger partial charge in [-0.2, -0.15) is 0 Å². The molecule has 0 spiro atoms. The fourth-order valence-electron chi connectivity index (χ4n) is 0.663. The van der Waals surface area contributed by atoms with E-state index in [0.29, 0.717) is 11.3 Å². The summed E-state index contributed by atoms with van der Waals surface area (Å²) in [5.41, 5.74) is 12.0. The molecule has 0 fully saturated rings. The lowest BCUT2D eigenvalue weighted by atomic mass is 10.2. The molecular weight excluding hydrogens is 221 g/mol. The second kappa shape index (κ2) is 10.2. The molecule has 0 aliphatic heterocycles. The van der Waals surface area contributed by atoms with E-state index in [1.54, 1.807) is 24.3 Å². The Labute approximate surface area is 97.2 Å². The Morgan fingerprint density at radius 2 is 1.43 bits per heavy atom. The van der Waals surface area contributed by atoms with Crippen molar-refractivity contribution < 1.29 is 0 Å². The third kappa shape index (κ3) is 6.57. The monoisotopic (exact) mass is 237 g/mol. The Hall–Kier alpha value is -0.930. The van der Waals surface area contributed by atoms with Crippen LogP contribution in [0.3, 0.4) is 0 Å². The SMILES string of the molecule is CC.Cl.Cl.N=C(N)c1ccc(N)cc1. The topological polar surface area (TPSA) is 75.9 Å². The number of benzene rings is 1. The van der Waals surface area contributed by atoms with Crippen molar-refractivity contribution in [3.8, 4) is 0 Å². The number of halogens is 2. The van der Waals surface area contributed by atoms with E-state index in [-0.39, 0.29) is 30.6 Å². The van der Waals surface area contributed by atoms with Gasteiger partial charge >= 0.3 is 0 Å². The van der Waals surface area contributed by atoms with Crippen LogP contribution in [0.4, 0.5) is 5.69 Å². The number of hydrogen-bond acceptors (Lipinski definition) is 2. The molecule has 3 nitrogen and oxygen atoms in total. The average molecular weight is 238 g/mol. The van der Waals surface area contributed by atoms with Crippen LogP contribution in [0.25, 0.3) is 0 Å². The summed E-state index contributed by atoms with van der Waals surface area (Å²) in [4.78, 5) is 0. The van der Waals surface area contributed by atoms with E-state index in [9.17, 15) is 0 Å². The molecule has 1 rings (SSSR count). The molecule has 0 unspecified atom stereocenters. The quantitative estimate of drug-likeness (QED) is 0.399. The molecular formula is C9H17Cl2N3. The number of anilines is 1. The molecule has 0 aromatic heterocycles. The molecule has 1 aromatic carbocycles. The maximum absolute atomic E-state index is 7.04. The second-order valence-corrected chi connectivity index (χ2v) is 2.04. The molecule has 5 N–H and O–H groups in total. The number of hydrogen-bond donors (Lipinski definition) is 3. The summed E-state index contributed by atoms with van der Waals surface area (Å²) in [6.45, 7) is 4.00. The first-order valence-electron chi connectivity index (χ1n) is 3.90. The average Bonchev–Trinajstić information content (AvgIpc) is 2.09. The number of nitrogens with two attached hydrogens (primary N) is 2. The predicted octanol–water partition coefficient (Wildman–Crippen LogP) is 2.42. The van der Waals surface area contributed by atoms with Gasteiger partial charge in [-0.25, -0.2) is 0 Å². The smallest absolute Gasteiger partial charge is 0.122 e. The number of amidine groups is 1. The van der Waals surface area contributed by atoms with E-state index in [4.69, 9.17) is 16.9 Å². The number of nitrogen functional groups attached to an aromatic ring is 2. The van der Waals surface area contributed by atoms with Gasteiger partial charge in [0.2, 0.25) is 0 Å². The van der Waals surface area contributed by atoms with E-state index in [1.165, 1.54) is 0 Å². The Morgan fingerprint density at radius 3 is 1.71 bits per heavy atom. The Morgan fingerprint density at radius 1 is 1.07 bits per heavy atom. The van der Waals surface area contributed by atoms with Crippen LogP contribution in [-0.4, -0.2) is 5.84 Å².